The molecule has 0 saturated carbocycles. The van der Waals surface area contributed by atoms with Gasteiger partial charge in [-0.2, -0.15) is 0 Å². The van der Waals surface area contributed by atoms with Crippen LogP contribution in [0.15, 0.2) is 24.3 Å². The molecule has 7 heteroatoms. The molecule has 1 saturated heterocycles. The zero-order chi connectivity index (χ0) is 16.3. The van der Waals surface area contributed by atoms with E-state index in [0.717, 1.165) is 6.42 Å². The predicted molar refractivity (Wildman–Crippen MR) is 87.1 cm³/mol. The summed E-state index contributed by atoms with van der Waals surface area (Å²) in [7, 11) is -0.0490. The molecule has 1 aliphatic rings. The molecule has 1 amide bonds. The van der Waals surface area contributed by atoms with Crippen LogP contribution in [0.3, 0.4) is 0 Å². The molecule has 1 aliphatic heterocycles. The number of carbonyl (C=O) groups is 1. The summed E-state index contributed by atoms with van der Waals surface area (Å²) in [5.74, 6) is -0.350. The van der Waals surface area contributed by atoms with Gasteiger partial charge in [0.15, 0.2) is 0 Å². The van der Waals surface area contributed by atoms with Gasteiger partial charge in [-0.1, -0.05) is 23.7 Å². The van der Waals surface area contributed by atoms with Gasteiger partial charge in [-0.15, -0.1) is 0 Å². The second kappa shape index (κ2) is 6.98. The second-order valence-corrected chi connectivity index (χ2v) is 8.22. The number of benzene rings is 1. The number of carbonyl (C=O) groups excluding carboxylic acids is 1. The van der Waals surface area contributed by atoms with Gasteiger partial charge < -0.3 is 4.90 Å². The first-order valence-corrected chi connectivity index (χ1v) is 9.22. The lowest BCUT2D eigenvalue weighted by molar-refractivity contribution is -0.134. The van der Waals surface area contributed by atoms with Gasteiger partial charge >= 0.3 is 0 Å². The molecule has 1 heterocycles. The number of amides is 1. The minimum Gasteiger partial charge on any atom is -0.349 e. The van der Waals surface area contributed by atoms with Crippen LogP contribution >= 0.6 is 11.6 Å². The SMILES string of the molecule is CN(C)C(=O)[C@@H]1CCCN(S(=O)(=O)Cc2cccc(Cl)c2)C1. The molecule has 1 aromatic rings. The average molecular weight is 345 g/mol. The van der Waals surface area contributed by atoms with Crippen molar-refractivity contribution in [1.82, 2.24) is 9.21 Å². The molecule has 0 spiro atoms. The van der Waals surface area contributed by atoms with Crippen LogP contribution in [0.5, 0.6) is 0 Å². The van der Waals surface area contributed by atoms with E-state index in [-0.39, 0.29) is 24.1 Å². The molecule has 122 valence electrons. The van der Waals surface area contributed by atoms with Crippen LogP contribution in [0.25, 0.3) is 0 Å². The van der Waals surface area contributed by atoms with Crippen LogP contribution in [0, 0.1) is 5.92 Å². The Hall–Kier alpha value is -1.11. The monoisotopic (exact) mass is 344 g/mol. The second-order valence-electron chi connectivity index (χ2n) is 5.82. The molecular weight excluding hydrogens is 324 g/mol. The quantitative estimate of drug-likeness (QED) is 0.839. The molecule has 22 heavy (non-hydrogen) atoms. The van der Waals surface area contributed by atoms with E-state index in [4.69, 9.17) is 11.6 Å². The Morgan fingerprint density at radius 2 is 2.14 bits per heavy atom. The van der Waals surface area contributed by atoms with Crippen molar-refractivity contribution in [3.63, 3.8) is 0 Å². The van der Waals surface area contributed by atoms with E-state index in [1.165, 1.54) is 9.21 Å². The summed E-state index contributed by atoms with van der Waals surface area (Å²) in [5.41, 5.74) is 0.661. The summed E-state index contributed by atoms with van der Waals surface area (Å²) in [6.45, 7) is 0.736. The average Bonchev–Trinajstić information content (AvgIpc) is 2.46. The topological polar surface area (TPSA) is 57.7 Å². The first-order valence-electron chi connectivity index (χ1n) is 7.23. The minimum absolute atomic E-state index is 0.0114. The first-order chi connectivity index (χ1) is 10.3. The molecule has 5 nitrogen and oxygen atoms in total. The van der Waals surface area contributed by atoms with Crippen molar-refractivity contribution in [2.24, 2.45) is 5.92 Å². The van der Waals surface area contributed by atoms with Gasteiger partial charge in [-0.05, 0) is 30.5 Å². The van der Waals surface area contributed by atoms with E-state index >= 15 is 0 Å². The first kappa shape index (κ1) is 17.2. The Morgan fingerprint density at radius 1 is 1.41 bits per heavy atom. The summed E-state index contributed by atoms with van der Waals surface area (Å²) < 4.78 is 26.6. The highest BCUT2D eigenvalue weighted by Gasteiger charge is 2.32. The molecule has 1 atom stereocenters. The number of rotatable bonds is 4. The Balaban J connectivity index is 2.10. The molecule has 0 N–H and O–H groups in total. The van der Waals surface area contributed by atoms with Gasteiger partial charge in [0, 0.05) is 32.2 Å². The molecule has 1 aromatic carbocycles. The number of hydrogen-bond donors (Lipinski definition) is 0. The van der Waals surface area contributed by atoms with E-state index in [9.17, 15) is 13.2 Å². The molecule has 1 fully saturated rings. The van der Waals surface area contributed by atoms with Crippen molar-refractivity contribution in [2.45, 2.75) is 18.6 Å². The van der Waals surface area contributed by atoms with Crippen molar-refractivity contribution < 1.29 is 13.2 Å². The third-order valence-electron chi connectivity index (χ3n) is 3.81. The van der Waals surface area contributed by atoms with E-state index in [1.807, 2.05) is 0 Å². The van der Waals surface area contributed by atoms with Gasteiger partial charge in [-0.3, -0.25) is 4.79 Å². The summed E-state index contributed by atoms with van der Waals surface area (Å²) in [4.78, 5) is 13.6. The Kier molecular flexibility index (Phi) is 5.47. The Bertz CT molecular complexity index is 646. The summed E-state index contributed by atoms with van der Waals surface area (Å²) in [6, 6.07) is 6.85. The van der Waals surface area contributed by atoms with Crippen LogP contribution in [0.4, 0.5) is 0 Å². The summed E-state index contributed by atoms with van der Waals surface area (Å²) in [6.07, 6.45) is 1.44. The summed E-state index contributed by atoms with van der Waals surface area (Å²) in [5, 5.41) is 0.520. The lowest BCUT2D eigenvalue weighted by Gasteiger charge is -2.32. The number of nitrogens with zero attached hydrogens (tertiary/aromatic N) is 2. The van der Waals surface area contributed by atoms with Crippen molar-refractivity contribution in [2.75, 3.05) is 27.2 Å². The third kappa shape index (κ3) is 4.21. The number of hydrogen-bond acceptors (Lipinski definition) is 3. The standard InChI is InChI=1S/C15H21ClN2O3S/c1-17(2)15(19)13-6-4-8-18(10-13)22(20,21)11-12-5-3-7-14(16)9-12/h3,5,7,9,13H,4,6,8,10-11H2,1-2H3/t13-/m1/s1. The van der Waals surface area contributed by atoms with Crippen LogP contribution in [-0.4, -0.2) is 50.7 Å². The highest BCUT2D eigenvalue weighted by molar-refractivity contribution is 7.88. The van der Waals surface area contributed by atoms with Gasteiger partial charge in [0.05, 0.1) is 11.7 Å². The molecule has 0 aliphatic carbocycles. The lowest BCUT2D eigenvalue weighted by atomic mass is 9.98. The lowest BCUT2D eigenvalue weighted by Crippen LogP contribution is -2.45. The minimum atomic E-state index is -3.44. The van der Waals surface area contributed by atoms with Gasteiger partial charge in [0.1, 0.15) is 0 Å². The number of sulfonamides is 1. The maximum atomic E-state index is 12.6. The predicted octanol–water partition coefficient (Wildman–Crippen LogP) is 1.97. The van der Waals surface area contributed by atoms with E-state index < -0.39 is 10.0 Å². The van der Waals surface area contributed by atoms with E-state index in [2.05, 4.69) is 0 Å². The fourth-order valence-corrected chi connectivity index (χ4v) is 4.50. The van der Waals surface area contributed by atoms with Crippen molar-refractivity contribution in [3.8, 4) is 0 Å². The van der Waals surface area contributed by atoms with Crippen molar-refractivity contribution in [1.29, 1.82) is 0 Å². The smallest absolute Gasteiger partial charge is 0.226 e. The highest BCUT2D eigenvalue weighted by Crippen LogP contribution is 2.23. The van der Waals surface area contributed by atoms with Gasteiger partial charge in [0.2, 0.25) is 15.9 Å². The third-order valence-corrected chi connectivity index (χ3v) is 5.86. The molecular formula is C15H21ClN2O3S. The van der Waals surface area contributed by atoms with Crippen LogP contribution in [0.1, 0.15) is 18.4 Å². The fraction of sp³-hybridized carbons (Fsp3) is 0.533. The Morgan fingerprint density at radius 3 is 2.77 bits per heavy atom. The van der Waals surface area contributed by atoms with Gasteiger partial charge in [0.25, 0.3) is 0 Å². The van der Waals surface area contributed by atoms with Gasteiger partial charge in [-0.25, -0.2) is 12.7 Å². The molecule has 0 radical (unpaired) electrons. The Labute approximate surface area is 136 Å². The largest absolute Gasteiger partial charge is 0.349 e. The number of piperidine rings is 1. The van der Waals surface area contributed by atoms with Crippen LogP contribution < -0.4 is 0 Å². The normalized spacial score (nSPS) is 19.9. The summed E-state index contributed by atoms with van der Waals surface area (Å²) >= 11 is 5.90. The maximum absolute atomic E-state index is 12.6. The zero-order valence-corrected chi connectivity index (χ0v) is 14.4. The zero-order valence-electron chi connectivity index (χ0n) is 12.8. The highest BCUT2D eigenvalue weighted by atomic mass is 35.5. The van der Waals surface area contributed by atoms with Crippen molar-refractivity contribution >= 4 is 27.5 Å². The molecule has 2 rings (SSSR count). The van der Waals surface area contributed by atoms with E-state index in [1.54, 1.807) is 38.4 Å². The van der Waals surface area contributed by atoms with Crippen LogP contribution in [0.2, 0.25) is 5.02 Å². The molecule has 0 aromatic heterocycles. The number of halogens is 1. The van der Waals surface area contributed by atoms with Crippen LogP contribution in [-0.2, 0) is 20.6 Å². The van der Waals surface area contributed by atoms with E-state index in [0.29, 0.717) is 23.6 Å². The maximum Gasteiger partial charge on any atom is 0.226 e. The molecule has 0 bridgehead atoms. The fourth-order valence-electron chi connectivity index (χ4n) is 2.69. The van der Waals surface area contributed by atoms with Crippen molar-refractivity contribution in [3.05, 3.63) is 34.9 Å². The molecule has 0 unspecified atom stereocenters.